The lowest BCUT2D eigenvalue weighted by molar-refractivity contribution is 0.328. The quantitative estimate of drug-likeness (QED) is 0.161. The summed E-state index contributed by atoms with van der Waals surface area (Å²) in [5, 5.41) is 2.54. The summed E-state index contributed by atoms with van der Waals surface area (Å²) in [4.78, 5) is 7.01. The third-order valence-corrected chi connectivity index (χ3v) is 12.2. The van der Waals surface area contributed by atoms with Gasteiger partial charge in [0.1, 0.15) is 0 Å². The molecular formula is C29H61N3S3. The molecule has 0 bridgehead atoms. The molecule has 1 saturated carbocycles. The maximum atomic E-state index is 2.57. The second-order valence-electron chi connectivity index (χ2n) is 12.1. The molecule has 1 aliphatic rings. The van der Waals surface area contributed by atoms with E-state index in [-0.39, 0.29) is 0 Å². The Morgan fingerprint density at radius 3 is 1.77 bits per heavy atom. The third-order valence-electron chi connectivity index (χ3n) is 7.56. The van der Waals surface area contributed by atoms with Crippen molar-refractivity contribution in [2.24, 2.45) is 17.8 Å². The smallest absolute Gasteiger partial charge is 0.00758 e. The first-order valence-electron chi connectivity index (χ1n) is 14.4. The van der Waals surface area contributed by atoms with Crippen LogP contribution in [-0.4, -0.2) is 110 Å². The molecule has 0 aromatic heterocycles. The van der Waals surface area contributed by atoms with Gasteiger partial charge in [0, 0.05) is 52.6 Å². The van der Waals surface area contributed by atoms with E-state index in [0.29, 0.717) is 0 Å². The fourth-order valence-electron chi connectivity index (χ4n) is 5.02. The van der Waals surface area contributed by atoms with E-state index in [2.05, 4.69) is 113 Å². The first kappa shape index (κ1) is 34.0. The van der Waals surface area contributed by atoms with E-state index in [1.807, 2.05) is 0 Å². The van der Waals surface area contributed by atoms with Gasteiger partial charge in [0.25, 0.3) is 0 Å². The Balaban J connectivity index is 2.64. The molecule has 210 valence electrons. The summed E-state index contributed by atoms with van der Waals surface area (Å²) in [6, 6.07) is 0. The van der Waals surface area contributed by atoms with Gasteiger partial charge in [-0.2, -0.15) is 35.3 Å². The highest BCUT2D eigenvalue weighted by Gasteiger charge is 2.28. The van der Waals surface area contributed by atoms with Crippen molar-refractivity contribution >= 4 is 35.3 Å². The Morgan fingerprint density at radius 1 is 0.657 bits per heavy atom. The molecule has 5 atom stereocenters. The monoisotopic (exact) mass is 547 g/mol. The average molecular weight is 548 g/mol. The van der Waals surface area contributed by atoms with Crippen molar-refractivity contribution in [1.82, 2.24) is 14.7 Å². The van der Waals surface area contributed by atoms with Gasteiger partial charge >= 0.3 is 0 Å². The molecule has 0 radical (unpaired) electrons. The molecule has 0 spiro atoms. The van der Waals surface area contributed by atoms with Crippen molar-refractivity contribution in [3.05, 3.63) is 0 Å². The van der Waals surface area contributed by atoms with Gasteiger partial charge in [0.05, 0.1) is 0 Å². The van der Waals surface area contributed by atoms with Crippen LogP contribution in [0, 0.1) is 17.8 Å². The Morgan fingerprint density at radius 2 is 1.20 bits per heavy atom. The van der Waals surface area contributed by atoms with Gasteiger partial charge in [0.15, 0.2) is 0 Å². The molecule has 0 amide bonds. The van der Waals surface area contributed by atoms with Gasteiger partial charge in [-0.15, -0.1) is 0 Å². The van der Waals surface area contributed by atoms with Crippen molar-refractivity contribution in [2.45, 2.75) is 87.9 Å². The van der Waals surface area contributed by atoms with E-state index < -0.39 is 0 Å². The van der Waals surface area contributed by atoms with Crippen LogP contribution in [0.3, 0.4) is 0 Å². The second-order valence-corrected chi connectivity index (χ2v) is 16.1. The highest BCUT2D eigenvalue weighted by molar-refractivity contribution is 8.00. The Bertz CT molecular complexity index is 502. The fourth-order valence-corrected chi connectivity index (χ4v) is 9.67. The van der Waals surface area contributed by atoms with E-state index in [0.717, 1.165) is 33.5 Å². The Kier molecular flexibility index (Phi) is 19.3. The fraction of sp³-hybridized carbons (Fsp3) is 1.00. The SMILES string of the molecule is CC(C)C(CCC(C)C(CCC1CCCCC1SCCN(C)C)SCCN(C)C)SCCN(C)C. The number of thioether (sulfide) groups is 3. The predicted octanol–water partition coefficient (Wildman–Crippen LogP) is 7.02. The molecule has 0 N–H and O–H groups in total. The van der Waals surface area contributed by atoms with Crippen LogP contribution in [0.5, 0.6) is 0 Å². The second kappa shape index (κ2) is 19.9. The summed E-state index contributed by atoms with van der Waals surface area (Å²) >= 11 is 6.78. The van der Waals surface area contributed by atoms with Crippen molar-refractivity contribution in [2.75, 3.05) is 79.2 Å². The molecule has 5 unspecified atom stereocenters. The molecule has 35 heavy (non-hydrogen) atoms. The highest BCUT2D eigenvalue weighted by Crippen LogP contribution is 2.39. The lowest BCUT2D eigenvalue weighted by Crippen LogP contribution is -2.27. The van der Waals surface area contributed by atoms with Crippen LogP contribution in [0.4, 0.5) is 0 Å². The van der Waals surface area contributed by atoms with Crippen LogP contribution in [0.2, 0.25) is 0 Å². The van der Waals surface area contributed by atoms with Gasteiger partial charge in [0.2, 0.25) is 0 Å². The zero-order valence-corrected chi connectivity index (χ0v) is 27.4. The minimum absolute atomic E-state index is 0.774. The van der Waals surface area contributed by atoms with Crippen LogP contribution in [-0.2, 0) is 0 Å². The normalized spacial score (nSPS) is 21.9. The van der Waals surface area contributed by atoms with Crippen molar-refractivity contribution in [3.8, 4) is 0 Å². The molecule has 0 aromatic carbocycles. The van der Waals surface area contributed by atoms with E-state index >= 15 is 0 Å². The largest absolute Gasteiger partial charge is 0.309 e. The van der Waals surface area contributed by atoms with Crippen LogP contribution < -0.4 is 0 Å². The minimum atomic E-state index is 0.774. The first-order chi connectivity index (χ1) is 16.6. The van der Waals surface area contributed by atoms with Crippen LogP contribution in [0.15, 0.2) is 0 Å². The van der Waals surface area contributed by atoms with Crippen LogP contribution in [0.1, 0.15) is 72.1 Å². The molecule has 1 rings (SSSR count). The van der Waals surface area contributed by atoms with E-state index in [1.165, 1.54) is 88.3 Å². The molecular weight excluding hydrogens is 487 g/mol. The molecule has 0 heterocycles. The third kappa shape index (κ3) is 16.5. The molecule has 1 fully saturated rings. The molecule has 1 aliphatic carbocycles. The average Bonchev–Trinajstić information content (AvgIpc) is 2.78. The van der Waals surface area contributed by atoms with E-state index in [4.69, 9.17) is 0 Å². The zero-order valence-electron chi connectivity index (χ0n) is 24.9. The van der Waals surface area contributed by atoms with Gasteiger partial charge in [-0.05, 0) is 98.6 Å². The van der Waals surface area contributed by atoms with Crippen LogP contribution in [0.25, 0.3) is 0 Å². The Hall–Kier alpha value is 0.930. The molecule has 6 heteroatoms. The van der Waals surface area contributed by atoms with Gasteiger partial charge < -0.3 is 14.7 Å². The number of hydrogen-bond donors (Lipinski definition) is 0. The van der Waals surface area contributed by atoms with Gasteiger partial charge in [-0.3, -0.25) is 0 Å². The standard InChI is InChI=1S/C29H61N3S3/c1-24(2)27(33-21-18-30(4)5)16-14-25(3)28(34-22-19-31(6)7)17-15-26-12-10-11-13-29(26)35-23-20-32(8)9/h24-29H,10-23H2,1-9H3. The lowest BCUT2D eigenvalue weighted by atomic mass is 9.84. The number of hydrogen-bond acceptors (Lipinski definition) is 6. The summed E-state index contributed by atoms with van der Waals surface area (Å²) in [5.74, 6) is 6.38. The topological polar surface area (TPSA) is 9.72 Å². The van der Waals surface area contributed by atoms with Gasteiger partial charge in [-0.25, -0.2) is 0 Å². The van der Waals surface area contributed by atoms with Gasteiger partial charge in [-0.1, -0.05) is 33.6 Å². The molecule has 3 nitrogen and oxygen atoms in total. The summed E-state index contributed by atoms with van der Waals surface area (Å²) in [5.41, 5.74) is 0. The predicted molar refractivity (Wildman–Crippen MR) is 169 cm³/mol. The number of nitrogens with zero attached hydrogens (tertiary/aromatic N) is 3. The molecule has 0 aliphatic heterocycles. The summed E-state index contributed by atoms with van der Waals surface area (Å²) in [6.07, 6.45) is 11.5. The van der Waals surface area contributed by atoms with Crippen molar-refractivity contribution in [3.63, 3.8) is 0 Å². The van der Waals surface area contributed by atoms with Crippen LogP contribution >= 0.6 is 35.3 Å². The summed E-state index contributed by atoms with van der Waals surface area (Å²) in [6.45, 7) is 11.0. The van der Waals surface area contributed by atoms with Crippen molar-refractivity contribution in [1.29, 1.82) is 0 Å². The highest BCUT2D eigenvalue weighted by atomic mass is 32.2. The maximum Gasteiger partial charge on any atom is 0.00758 e. The Labute approximate surface area is 234 Å². The maximum absolute atomic E-state index is 2.57. The van der Waals surface area contributed by atoms with E-state index in [1.54, 1.807) is 0 Å². The zero-order chi connectivity index (χ0) is 26.2. The molecule has 0 aromatic rings. The summed E-state index contributed by atoms with van der Waals surface area (Å²) < 4.78 is 0. The number of rotatable bonds is 20. The van der Waals surface area contributed by atoms with Crippen molar-refractivity contribution < 1.29 is 0 Å². The summed E-state index contributed by atoms with van der Waals surface area (Å²) in [7, 11) is 13.2. The lowest BCUT2D eigenvalue weighted by Gasteiger charge is -2.34. The first-order valence-corrected chi connectivity index (χ1v) is 17.5. The minimum Gasteiger partial charge on any atom is -0.309 e. The van der Waals surface area contributed by atoms with E-state index in [9.17, 15) is 0 Å². The molecule has 0 saturated heterocycles.